The van der Waals surface area contributed by atoms with Gasteiger partial charge in [-0.15, -0.1) is 0 Å². The predicted octanol–water partition coefficient (Wildman–Crippen LogP) is 6.94. The molecule has 6 atom stereocenters. The Morgan fingerprint density at radius 1 is 0.839 bits per heavy atom. The summed E-state index contributed by atoms with van der Waals surface area (Å²) in [4.78, 5) is 67.4. The number of aromatic nitrogens is 2. The lowest BCUT2D eigenvalue weighted by molar-refractivity contribution is -0.134. The average molecular weight is 839 g/mol. The number of alkyl carbamates (subject to hydrolysis) is 2. The van der Waals surface area contributed by atoms with Crippen LogP contribution in [0.25, 0.3) is 33.2 Å². The standard InChI is InChI=1S/C48H54N8O6/c1-29(2)43(54-48(60)62-4)40-20-21-42(56(40)28-57)45-50-27-39(52-45)36-19-18-34-24-33(16-17-35(34)25-36)31-12-14-32(15-13-31)38-26-49-44(51-38)41-11-8-22-55(41)46(58)37(53-47(59)61-3)23-30-9-6-5-7-10-30/h5-7,9-10,12-19,24-26,28-29,37,39-43H,8,11,20-23,27H2,1-4H3,(H,49,51)(H,50,52)(H,53,59)(H,54,60)/t37-,39?,40?,41+,42+,43+/m1/s1. The van der Waals surface area contributed by atoms with E-state index in [9.17, 15) is 19.2 Å². The van der Waals surface area contributed by atoms with Crippen LogP contribution in [-0.4, -0.2) is 102 Å². The molecule has 0 saturated carbocycles. The Morgan fingerprint density at radius 2 is 1.55 bits per heavy atom. The van der Waals surface area contributed by atoms with Crippen molar-refractivity contribution < 1.29 is 28.7 Å². The molecular weight excluding hydrogens is 785 g/mol. The number of likely N-dealkylation sites (tertiary alicyclic amines) is 2. The van der Waals surface area contributed by atoms with Gasteiger partial charge in [-0.1, -0.05) is 92.7 Å². The number of aromatic amines is 1. The van der Waals surface area contributed by atoms with Crippen molar-refractivity contribution in [3.05, 3.63) is 114 Å². The van der Waals surface area contributed by atoms with Gasteiger partial charge in [0.2, 0.25) is 12.3 Å². The van der Waals surface area contributed by atoms with Gasteiger partial charge < -0.3 is 40.2 Å². The van der Waals surface area contributed by atoms with Crippen molar-refractivity contribution in [1.29, 1.82) is 0 Å². The fourth-order valence-electron chi connectivity index (χ4n) is 9.33. The number of imidazole rings is 1. The number of nitrogens with zero attached hydrogens (tertiary/aromatic N) is 4. The van der Waals surface area contributed by atoms with Gasteiger partial charge in [0.1, 0.15) is 17.7 Å². The van der Waals surface area contributed by atoms with Crippen LogP contribution in [0.15, 0.2) is 102 Å². The molecule has 14 heteroatoms. The fourth-order valence-corrected chi connectivity index (χ4v) is 9.33. The van der Waals surface area contributed by atoms with E-state index in [1.54, 1.807) is 4.90 Å². The highest BCUT2D eigenvalue weighted by molar-refractivity contribution is 5.92. The van der Waals surface area contributed by atoms with Gasteiger partial charge in [-0.3, -0.25) is 14.6 Å². The smallest absolute Gasteiger partial charge is 0.407 e. The van der Waals surface area contributed by atoms with Gasteiger partial charge in [0.25, 0.3) is 0 Å². The number of H-pyrrole nitrogens is 1. The molecule has 322 valence electrons. The summed E-state index contributed by atoms with van der Waals surface area (Å²) >= 11 is 0. The third-order valence-electron chi connectivity index (χ3n) is 12.6. The van der Waals surface area contributed by atoms with Crippen LogP contribution >= 0.6 is 0 Å². The summed E-state index contributed by atoms with van der Waals surface area (Å²) in [7, 11) is 2.64. The summed E-state index contributed by atoms with van der Waals surface area (Å²) in [5.74, 6) is 1.47. The predicted molar refractivity (Wildman–Crippen MR) is 237 cm³/mol. The highest BCUT2D eigenvalue weighted by Crippen LogP contribution is 2.35. The van der Waals surface area contributed by atoms with E-state index in [1.165, 1.54) is 14.2 Å². The molecule has 0 spiro atoms. The van der Waals surface area contributed by atoms with Gasteiger partial charge in [0.05, 0.1) is 62.9 Å². The van der Waals surface area contributed by atoms with Crippen molar-refractivity contribution in [2.45, 2.75) is 82.2 Å². The first-order chi connectivity index (χ1) is 30.1. The molecule has 3 aliphatic rings. The van der Waals surface area contributed by atoms with E-state index < -0.39 is 18.2 Å². The molecule has 4 heterocycles. The van der Waals surface area contributed by atoms with Crippen LogP contribution in [0.4, 0.5) is 9.59 Å². The lowest BCUT2D eigenvalue weighted by atomic mass is 9.95. The van der Waals surface area contributed by atoms with Crippen molar-refractivity contribution in [3.8, 4) is 22.4 Å². The molecule has 4 N–H and O–H groups in total. The number of carbonyl (C=O) groups excluding carboxylic acids is 4. The van der Waals surface area contributed by atoms with Crippen LogP contribution in [0.2, 0.25) is 0 Å². The number of methoxy groups -OCH3 is 2. The average Bonchev–Trinajstić information content (AvgIpc) is 4.15. The Labute approximate surface area is 361 Å². The normalized spacial score (nSPS) is 20.7. The second kappa shape index (κ2) is 18.5. The Hall–Kier alpha value is -6.70. The van der Waals surface area contributed by atoms with Crippen molar-refractivity contribution in [3.63, 3.8) is 0 Å². The molecule has 2 unspecified atom stereocenters. The zero-order valence-corrected chi connectivity index (χ0v) is 35.5. The summed E-state index contributed by atoms with van der Waals surface area (Å²) in [6.07, 6.45) is 5.03. The van der Waals surface area contributed by atoms with E-state index in [0.29, 0.717) is 19.5 Å². The number of hydrogen-bond acceptors (Lipinski definition) is 9. The number of amidine groups is 1. The van der Waals surface area contributed by atoms with Crippen LogP contribution in [-0.2, 0) is 25.5 Å². The van der Waals surface area contributed by atoms with Gasteiger partial charge in [-0.05, 0) is 82.3 Å². The van der Waals surface area contributed by atoms with Gasteiger partial charge in [0.15, 0.2) is 0 Å². The van der Waals surface area contributed by atoms with E-state index >= 15 is 0 Å². The molecule has 62 heavy (non-hydrogen) atoms. The lowest BCUT2D eigenvalue weighted by Crippen LogP contribution is -2.54. The number of aliphatic imine (C=N–C) groups is 1. The van der Waals surface area contributed by atoms with E-state index in [2.05, 4.69) is 81.6 Å². The van der Waals surface area contributed by atoms with Gasteiger partial charge >= 0.3 is 12.2 Å². The third kappa shape index (κ3) is 8.86. The minimum Gasteiger partial charge on any atom is -0.453 e. The molecule has 5 aromatic rings. The van der Waals surface area contributed by atoms with Crippen molar-refractivity contribution in [2.24, 2.45) is 10.9 Å². The first-order valence-electron chi connectivity index (χ1n) is 21.4. The monoisotopic (exact) mass is 838 g/mol. The molecule has 14 nitrogen and oxygen atoms in total. The Balaban J connectivity index is 0.908. The Morgan fingerprint density at radius 3 is 2.29 bits per heavy atom. The number of amides is 4. The van der Waals surface area contributed by atoms with Crippen LogP contribution in [0.5, 0.6) is 0 Å². The summed E-state index contributed by atoms with van der Waals surface area (Å²) < 4.78 is 9.71. The maximum absolute atomic E-state index is 13.9. The van der Waals surface area contributed by atoms with E-state index in [4.69, 9.17) is 19.5 Å². The maximum atomic E-state index is 13.9. The van der Waals surface area contributed by atoms with E-state index in [1.807, 2.05) is 55.3 Å². The van der Waals surface area contributed by atoms with Gasteiger partial charge in [-0.25, -0.2) is 14.6 Å². The molecule has 2 saturated heterocycles. The van der Waals surface area contributed by atoms with E-state index in [0.717, 1.165) is 88.0 Å². The molecule has 0 bridgehead atoms. The zero-order valence-electron chi connectivity index (χ0n) is 35.5. The largest absolute Gasteiger partial charge is 0.453 e. The first kappa shape index (κ1) is 42.0. The minimum absolute atomic E-state index is 0.0105. The van der Waals surface area contributed by atoms with Crippen molar-refractivity contribution in [2.75, 3.05) is 27.3 Å². The van der Waals surface area contributed by atoms with Crippen LogP contribution in [0.3, 0.4) is 0 Å². The molecular formula is C48H54N8O6. The quantitative estimate of drug-likeness (QED) is 0.0925. The third-order valence-corrected chi connectivity index (χ3v) is 12.6. The summed E-state index contributed by atoms with van der Waals surface area (Å²) in [5, 5.41) is 11.6. The summed E-state index contributed by atoms with van der Waals surface area (Å²) in [6, 6.07) is 29.4. The van der Waals surface area contributed by atoms with Gasteiger partial charge in [-0.2, -0.15) is 0 Å². The van der Waals surface area contributed by atoms with E-state index in [-0.39, 0.29) is 42.0 Å². The Kier molecular flexibility index (Phi) is 12.5. The molecule has 4 aromatic carbocycles. The molecule has 2 fully saturated rings. The second-order valence-corrected chi connectivity index (χ2v) is 16.7. The molecule has 8 rings (SSSR count). The second-order valence-electron chi connectivity index (χ2n) is 16.7. The number of rotatable bonds is 13. The minimum atomic E-state index is -0.770. The first-order valence-corrected chi connectivity index (χ1v) is 21.4. The highest BCUT2D eigenvalue weighted by atomic mass is 16.5. The van der Waals surface area contributed by atoms with Gasteiger partial charge in [0, 0.05) is 13.0 Å². The number of nitrogens with one attached hydrogen (secondary N) is 4. The number of fused-ring (bicyclic) bond motifs is 1. The molecule has 3 aliphatic heterocycles. The fraction of sp³-hybridized carbons (Fsp3) is 0.375. The van der Waals surface area contributed by atoms with Crippen LogP contribution in [0.1, 0.15) is 68.6 Å². The number of ether oxygens (including phenoxy) is 2. The zero-order chi connectivity index (χ0) is 43.3. The van der Waals surface area contributed by atoms with Crippen LogP contribution in [0, 0.1) is 5.92 Å². The number of carbonyl (C=O) groups is 4. The lowest BCUT2D eigenvalue weighted by Gasteiger charge is -2.34. The molecule has 1 aromatic heterocycles. The Bertz CT molecular complexity index is 2430. The highest BCUT2D eigenvalue weighted by Gasteiger charge is 2.43. The number of hydrogen-bond donors (Lipinski definition) is 4. The molecule has 4 amide bonds. The van der Waals surface area contributed by atoms with Crippen LogP contribution < -0.4 is 16.0 Å². The molecule has 0 aliphatic carbocycles. The van der Waals surface area contributed by atoms with Crippen molar-refractivity contribution in [1.82, 2.24) is 35.7 Å². The number of benzene rings is 4. The SMILES string of the molecule is COC(=O)N[C@@H](C(C)C)C1CC[C@@H](C2=NCC(c3ccc4cc(-c5ccc(-c6cnc([C@@H]7CCCN7C(=O)[C@@H](Cc7ccccc7)NC(=O)OC)[nH]6)cc5)ccc4c3)N2)N1C=O. The van der Waals surface area contributed by atoms with Crippen molar-refractivity contribution >= 4 is 41.1 Å². The molecule has 0 radical (unpaired) electrons. The maximum Gasteiger partial charge on any atom is 0.407 e. The summed E-state index contributed by atoms with van der Waals surface area (Å²) in [5.41, 5.74) is 6.10. The summed E-state index contributed by atoms with van der Waals surface area (Å²) in [6.45, 7) is 5.21. The topological polar surface area (TPSA) is 170 Å².